The summed E-state index contributed by atoms with van der Waals surface area (Å²) in [4.78, 5) is 27.9. The molecule has 2 atom stereocenters. The van der Waals surface area contributed by atoms with E-state index in [2.05, 4.69) is 22.8 Å². The molecular weight excluding hydrogens is 551 g/mol. The van der Waals surface area contributed by atoms with E-state index in [1.54, 1.807) is 4.90 Å². The van der Waals surface area contributed by atoms with Crippen LogP contribution < -0.4 is 10.6 Å². The maximum absolute atomic E-state index is 12.3. The molecule has 2 aromatic rings. The number of amides is 1. The molecule has 2 fully saturated rings. The summed E-state index contributed by atoms with van der Waals surface area (Å²) >= 11 is 11.8. The van der Waals surface area contributed by atoms with E-state index in [0.717, 1.165) is 36.6 Å². The average Bonchev–Trinajstić information content (AvgIpc) is 3.61. The summed E-state index contributed by atoms with van der Waals surface area (Å²) in [5.74, 6) is -0.297. The van der Waals surface area contributed by atoms with Crippen LogP contribution in [0.4, 0.5) is 4.79 Å². The van der Waals surface area contributed by atoms with Crippen LogP contribution in [0.2, 0.25) is 10.0 Å². The molecule has 0 bridgehead atoms. The molecule has 2 N–H and O–H groups in total. The maximum Gasteiger partial charge on any atom is 0.410 e. The van der Waals surface area contributed by atoms with E-state index >= 15 is 0 Å². The Morgan fingerprint density at radius 2 is 1.65 bits per heavy atom. The zero-order valence-corrected chi connectivity index (χ0v) is 25.4. The summed E-state index contributed by atoms with van der Waals surface area (Å²) in [6.45, 7) is 10.6. The van der Waals surface area contributed by atoms with Crippen LogP contribution in [0, 0.1) is 0 Å². The number of ether oxygens (including phenoxy) is 2. The summed E-state index contributed by atoms with van der Waals surface area (Å²) < 4.78 is 10.3. The molecule has 2 heterocycles. The van der Waals surface area contributed by atoms with E-state index in [1.165, 1.54) is 19.1 Å². The minimum Gasteiger partial charge on any atom is -0.468 e. The van der Waals surface area contributed by atoms with E-state index in [-0.39, 0.29) is 24.6 Å². The number of likely N-dealkylation sites (tertiary alicyclic amines) is 1. The van der Waals surface area contributed by atoms with Gasteiger partial charge in [0.05, 0.1) is 13.7 Å². The predicted octanol–water partition coefficient (Wildman–Crippen LogP) is 5.12. The lowest BCUT2D eigenvalue weighted by Crippen LogP contribution is -2.42. The monoisotopic (exact) mass is 592 g/mol. The molecule has 2 aliphatic heterocycles. The van der Waals surface area contributed by atoms with Crippen molar-refractivity contribution in [1.29, 1.82) is 0 Å². The first-order valence-electron chi connectivity index (χ1n) is 13.7. The minimum absolute atomic E-state index is 0.0669. The van der Waals surface area contributed by atoms with E-state index in [0.29, 0.717) is 30.7 Å². The van der Waals surface area contributed by atoms with Gasteiger partial charge in [0.1, 0.15) is 5.60 Å². The first-order chi connectivity index (χ1) is 19.0. The fraction of sp³-hybridized carbons (Fsp3) is 0.533. The standard InChI is InChI=1S/C19H27ClN2O4.C11H15ClN2/c1-19(2,3)26-18(24)21-10-9-16(12-21)22(13-17(23)25-4)11-14-5-7-15(20)8-6-14;12-10-3-1-9(2-4-10)7-14-11-5-6-13-8-11/h5-8,16H,9-13H2,1-4H3;1-4,11,13-14H,5-8H2. The topological polar surface area (TPSA) is 83.1 Å². The van der Waals surface area contributed by atoms with Crippen molar-refractivity contribution in [3.63, 3.8) is 0 Å². The number of rotatable bonds is 8. The molecule has 1 amide bonds. The average molecular weight is 594 g/mol. The number of esters is 1. The lowest BCUT2D eigenvalue weighted by molar-refractivity contribution is -0.142. The van der Waals surface area contributed by atoms with Crippen molar-refractivity contribution in [1.82, 2.24) is 20.4 Å². The molecule has 0 radical (unpaired) electrons. The SMILES string of the molecule is COC(=O)CN(Cc1ccc(Cl)cc1)C1CCN(C(=O)OC(C)(C)C)C1.Clc1ccc(CNC2CCNC2)cc1. The van der Waals surface area contributed by atoms with Crippen LogP contribution in [0.25, 0.3) is 0 Å². The third-order valence-corrected chi connectivity index (χ3v) is 7.26. The summed E-state index contributed by atoms with van der Waals surface area (Å²) in [5.41, 5.74) is 1.82. The van der Waals surface area contributed by atoms with Gasteiger partial charge in [-0.05, 0) is 75.5 Å². The van der Waals surface area contributed by atoms with Gasteiger partial charge in [0.2, 0.25) is 0 Å². The lowest BCUT2D eigenvalue weighted by Gasteiger charge is -2.28. The number of hydrogen-bond donors (Lipinski definition) is 2. The van der Waals surface area contributed by atoms with Gasteiger partial charge in [-0.1, -0.05) is 47.5 Å². The van der Waals surface area contributed by atoms with Gasteiger partial charge in [-0.25, -0.2) is 4.79 Å². The summed E-state index contributed by atoms with van der Waals surface area (Å²) in [7, 11) is 1.38. The zero-order chi connectivity index (χ0) is 29.1. The highest BCUT2D eigenvalue weighted by Crippen LogP contribution is 2.21. The Hall–Kier alpha value is -2.36. The Balaban J connectivity index is 0.000000263. The van der Waals surface area contributed by atoms with Crippen LogP contribution in [0.15, 0.2) is 48.5 Å². The van der Waals surface area contributed by atoms with Crippen molar-refractivity contribution in [3.05, 3.63) is 69.7 Å². The Morgan fingerprint density at radius 3 is 2.20 bits per heavy atom. The smallest absolute Gasteiger partial charge is 0.410 e. The molecule has 2 unspecified atom stereocenters. The molecule has 8 nitrogen and oxygen atoms in total. The first kappa shape index (κ1) is 32.2. The van der Waals surface area contributed by atoms with Gasteiger partial charge < -0.3 is 25.0 Å². The molecule has 40 heavy (non-hydrogen) atoms. The molecule has 0 saturated carbocycles. The van der Waals surface area contributed by atoms with E-state index < -0.39 is 5.60 Å². The quantitative estimate of drug-likeness (QED) is 0.412. The third kappa shape index (κ3) is 11.3. The van der Waals surface area contributed by atoms with Crippen molar-refractivity contribution >= 4 is 35.3 Å². The number of nitrogens with zero attached hydrogens (tertiary/aromatic N) is 2. The second-order valence-electron chi connectivity index (χ2n) is 11.2. The fourth-order valence-corrected chi connectivity index (χ4v) is 4.85. The fourth-order valence-electron chi connectivity index (χ4n) is 4.59. The summed E-state index contributed by atoms with van der Waals surface area (Å²) in [6.07, 6.45) is 1.70. The van der Waals surface area contributed by atoms with Gasteiger partial charge in [-0.15, -0.1) is 0 Å². The van der Waals surface area contributed by atoms with Gasteiger partial charge in [0.25, 0.3) is 0 Å². The van der Waals surface area contributed by atoms with Crippen LogP contribution in [0.3, 0.4) is 0 Å². The molecule has 10 heteroatoms. The number of nitrogens with one attached hydrogen (secondary N) is 2. The molecule has 0 spiro atoms. The van der Waals surface area contributed by atoms with Crippen LogP contribution >= 0.6 is 23.2 Å². The van der Waals surface area contributed by atoms with Crippen molar-refractivity contribution < 1.29 is 19.1 Å². The predicted molar refractivity (Wildman–Crippen MR) is 160 cm³/mol. The van der Waals surface area contributed by atoms with Gasteiger partial charge in [-0.3, -0.25) is 9.69 Å². The third-order valence-electron chi connectivity index (χ3n) is 6.76. The van der Waals surface area contributed by atoms with E-state index in [1.807, 2.05) is 62.1 Å². The first-order valence-corrected chi connectivity index (χ1v) is 14.5. The molecule has 0 aromatic heterocycles. The van der Waals surface area contributed by atoms with Gasteiger partial charge >= 0.3 is 12.1 Å². The largest absolute Gasteiger partial charge is 0.468 e. The number of methoxy groups -OCH3 is 1. The maximum atomic E-state index is 12.3. The van der Waals surface area contributed by atoms with Crippen LogP contribution in [0.1, 0.15) is 44.7 Å². The molecule has 0 aliphatic carbocycles. The van der Waals surface area contributed by atoms with E-state index in [9.17, 15) is 9.59 Å². The van der Waals surface area contributed by atoms with E-state index in [4.69, 9.17) is 32.7 Å². The zero-order valence-electron chi connectivity index (χ0n) is 23.9. The molecule has 2 aromatic carbocycles. The van der Waals surface area contributed by atoms with Crippen molar-refractivity contribution in [2.45, 2.75) is 64.4 Å². The summed E-state index contributed by atoms with van der Waals surface area (Å²) in [5, 5.41) is 8.32. The number of hydrogen-bond acceptors (Lipinski definition) is 7. The van der Waals surface area contributed by atoms with Crippen LogP contribution in [-0.2, 0) is 27.4 Å². The number of carbonyl (C=O) groups is 2. The molecule has 2 aliphatic rings. The Labute approximate surface area is 248 Å². The van der Waals surface area contributed by atoms with Crippen molar-refractivity contribution in [2.24, 2.45) is 0 Å². The molecule has 2 saturated heterocycles. The normalized spacial score (nSPS) is 18.8. The van der Waals surface area contributed by atoms with Gasteiger partial charge in [0.15, 0.2) is 0 Å². The van der Waals surface area contributed by atoms with Gasteiger partial charge in [0, 0.05) is 54.9 Å². The van der Waals surface area contributed by atoms with Gasteiger partial charge in [-0.2, -0.15) is 0 Å². The number of halogens is 2. The Kier molecular flexibility index (Phi) is 12.5. The van der Waals surface area contributed by atoms with Crippen LogP contribution in [-0.4, -0.2) is 79.4 Å². The number of carbonyl (C=O) groups excluding carboxylic acids is 2. The second kappa shape index (κ2) is 15.6. The molecule has 4 rings (SSSR count). The van der Waals surface area contributed by atoms with Crippen molar-refractivity contribution in [2.75, 3.05) is 39.8 Å². The molecular formula is C30H42Cl2N4O4. The second-order valence-corrected chi connectivity index (χ2v) is 12.0. The highest BCUT2D eigenvalue weighted by molar-refractivity contribution is 6.30. The molecule has 220 valence electrons. The minimum atomic E-state index is -0.524. The Bertz CT molecular complexity index is 1070. The van der Waals surface area contributed by atoms with Crippen molar-refractivity contribution in [3.8, 4) is 0 Å². The summed E-state index contributed by atoms with van der Waals surface area (Å²) in [6, 6.07) is 16.2. The number of benzene rings is 2. The Morgan fingerprint density at radius 1 is 1.02 bits per heavy atom. The van der Waals surface area contributed by atoms with Crippen LogP contribution in [0.5, 0.6) is 0 Å². The lowest BCUT2D eigenvalue weighted by atomic mass is 10.1. The highest BCUT2D eigenvalue weighted by Gasteiger charge is 2.33. The highest BCUT2D eigenvalue weighted by atomic mass is 35.5.